The molecular formula is C25H18N4. The van der Waals surface area contributed by atoms with Gasteiger partial charge >= 0.3 is 0 Å². The SMILES string of the molecule is N#CC(C#N)=C(C#N)c1ccc(N(Cc2ccccc2)Cc2ccccc2)cc1. The van der Waals surface area contributed by atoms with Crippen molar-refractivity contribution in [1.82, 2.24) is 0 Å². The van der Waals surface area contributed by atoms with Crippen LogP contribution in [-0.2, 0) is 13.1 Å². The predicted molar refractivity (Wildman–Crippen MR) is 113 cm³/mol. The summed E-state index contributed by atoms with van der Waals surface area (Å²) in [4.78, 5) is 2.25. The lowest BCUT2D eigenvalue weighted by atomic mass is 10.0. The van der Waals surface area contributed by atoms with Crippen LogP contribution in [0.25, 0.3) is 5.57 Å². The number of rotatable bonds is 6. The van der Waals surface area contributed by atoms with Crippen LogP contribution in [0.2, 0.25) is 0 Å². The molecule has 29 heavy (non-hydrogen) atoms. The third-order valence-corrected chi connectivity index (χ3v) is 4.54. The molecule has 0 saturated heterocycles. The number of anilines is 1. The zero-order valence-electron chi connectivity index (χ0n) is 15.8. The molecule has 0 amide bonds. The van der Waals surface area contributed by atoms with E-state index in [9.17, 15) is 5.26 Å². The minimum Gasteiger partial charge on any atom is -0.363 e. The van der Waals surface area contributed by atoms with E-state index in [0.717, 1.165) is 18.8 Å². The molecule has 4 heteroatoms. The molecule has 0 unspecified atom stereocenters. The van der Waals surface area contributed by atoms with Gasteiger partial charge in [-0.1, -0.05) is 72.8 Å². The van der Waals surface area contributed by atoms with Gasteiger partial charge in [0.25, 0.3) is 0 Å². The van der Waals surface area contributed by atoms with Crippen LogP contribution in [0.4, 0.5) is 5.69 Å². The molecule has 0 N–H and O–H groups in total. The van der Waals surface area contributed by atoms with Crippen LogP contribution in [0.15, 0.2) is 90.5 Å². The molecular weight excluding hydrogens is 356 g/mol. The van der Waals surface area contributed by atoms with Gasteiger partial charge in [-0.25, -0.2) is 0 Å². The van der Waals surface area contributed by atoms with E-state index >= 15 is 0 Å². The van der Waals surface area contributed by atoms with Gasteiger partial charge in [0.1, 0.15) is 23.8 Å². The molecule has 0 saturated carbocycles. The molecule has 0 aliphatic rings. The predicted octanol–water partition coefficient (Wildman–Crippen LogP) is 5.22. The molecule has 0 heterocycles. The first-order valence-corrected chi connectivity index (χ1v) is 9.13. The highest BCUT2D eigenvalue weighted by Gasteiger charge is 2.12. The summed E-state index contributed by atoms with van der Waals surface area (Å²) in [5.74, 6) is 0. The third-order valence-electron chi connectivity index (χ3n) is 4.54. The highest BCUT2D eigenvalue weighted by Crippen LogP contribution is 2.24. The molecule has 0 radical (unpaired) electrons. The van der Waals surface area contributed by atoms with E-state index in [1.165, 1.54) is 11.1 Å². The minimum atomic E-state index is -0.175. The van der Waals surface area contributed by atoms with Gasteiger partial charge in [-0.3, -0.25) is 0 Å². The summed E-state index contributed by atoms with van der Waals surface area (Å²) in [7, 11) is 0. The van der Waals surface area contributed by atoms with Crippen LogP contribution in [0.1, 0.15) is 16.7 Å². The normalized spacial score (nSPS) is 9.55. The first-order chi connectivity index (χ1) is 14.2. The summed E-state index contributed by atoms with van der Waals surface area (Å²) in [6.45, 7) is 1.47. The fourth-order valence-electron chi connectivity index (χ4n) is 3.09. The monoisotopic (exact) mass is 374 g/mol. The quantitative estimate of drug-likeness (QED) is 0.555. The van der Waals surface area contributed by atoms with Gasteiger partial charge in [-0.2, -0.15) is 15.8 Å². The van der Waals surface area contributed by atoms with Crippen molar-refractivity contribution in [3.8, 4) is 18.2 Å². The van der Waals surface area contributed by atoms with Crippen molar-refractivity contribution >= 4 is 11.3 Å². The van der Waals surface area contributed by atoms with E-state index in [4.69, 9.17) is 10.5 Å². The van der Waals surface area contributed by atoms with Crippen LogP contribution in [0.3, 0.4) is 0 Å². The highest BCUT2D eigenvalue weighted by molar-refractivity contribution is 5.84. The molecule has 0 spiro atoms. The Hall–Kier alpha value is -4.33. The molecule has 138 valence electrons. The van der Waals surface area contributed by atoms with E-state index in [0.29, 0.717) is 5.56 Å². The lowest BCUT2D eigenvalue weighted by Gasteiger charge is -2.25. The fraction of sp³-hybridized carbons (Fsp3) is 0.0800. The van der Waals surface area contributed by atoms with Gasteiger partial charge in [0, 0.05) is 18.8 Å². The zero-order valence-corrected chi connectivity index (χ0v) is 15.8. The maximum Gasteiger partial charge on any atom is 0.148 e. The highest BCUT2D eigenvalue weighted by atomic mass is 15.1. The summed E-state index contributed by atoms with van der Waals surface area (Å²) in [5.41, 5.74) is 3.87. The third kappa shape index (κ3) is 4.89. The molecule has 0 atom stereocenters. The van der Waals surface area contributed by atoms with Gasteiger partial charge in [-0.05, 0) is 28.8 Å². The number of allylic oxidation sites excluding steroid dienone is 2. The Morgan fingerprint density at radius 1 is 0.621 bits per heavy atom. The average molecular weight is 374 g/mol. The van der Waals surface area contributed by atoms with Gasteiger partial charge in [0.2, 0.25) is 0 Å². The average Bonchev–Trinajstić information content (AvgIpc) is 2.78. The molecule has 3 aromatic carbocycles. The summed E-state index contributed by atoms with van der Waals surface area (Å²) in [6.07, 6.45) is 0. The lowest BCUT2D eigenvalue weighted by molar-refractivity contribution is 0.800. The van der Waals surface area contributed by atoms with Crippen LogP contribution in [0.5, 0.6) is 0 Å². The van der Waals surface area contributed by atoms with Crippen molar-refractivity contribution in [2.24, 2.45) is 0 Å². The Morgan fingerprint density at radius 3 is 1.52 bits per heavy atom. The summed E-state index contributed by atoms with van der Waals surface area (Å²) < 4.78 is 0. The van der Waals surface area contributed by atoms with Crippen molar-refractivity contribution in [3.63, 3.8) is 0 Å². The van der Waals surface area contributed by atoms with E-state index in [2.05, 4.69) is 29.2 Å². The largest absolute Gasteiger partial charge is 0.363 e. The fourth-order valence-corrected chi connectivity index (χ4v) is 3.09. The van der Waals surface area contributed by atoms with E-state index in [1.54, 1.807) is 24.3 Å². The molecule has 0 aliphatic carbocycles. The Morgan fingerprint density at radius 2 is 1.10 bits per heavy atom. The van der Waals surface area contributed by atoms with Gasteiger partial charge in [0.15, 0.2) is 0 Å². The van der Waals surface area contributed by atoms with Crippen LogP contribution < -0.4 is 4.90 Å². The molecule has 0 aliphatic heterocycles. The van der Waals surface area contributed by atoms with Gasteiger partial charge < -0.3 is 4.90 Å². The second kappa shape index (κ2) is 9.56. The van der Waals surface area contributed by atoms with E-state index in [-0.39, 0.29) is 11.1 Å². The standard InChI is InChI=1S/C25H18N4/c26-15-23(16-27)25(17-28)22-11-13-24(14-12-22)29(18-20-7-3-1-4-8-20)19-21-9-5-2-6-10-21/h1-14H,18-19H2. The molecule has 4 nitrogen and oxygen atoms in total. The van der Waals surface area contributed by atoms with Gasteiger partial charge in [0.05, 0.1) is 5.57 Å². The van der Waals surface area contributed by atoms with Gasteiger partial charge in [-0.15, -0.1) is 0 Å². The van der Waals surface area contributed by atoms with Crippen molar-refractivity contribution in [3.05, 3.63) is 107 Å². The van der Waals surface area contributed by atoms with Crippen molar-refractivity contribution < 1.29 is 0 Å². The zero-order chi connectivity index (χ0) is 20.5. The lowest BCUT2D eigenvalue weighted by Crippen LogP contribution is -2.22. The van der Waals surface area contributed by atoms with Crippen LogP contribution in [-0.4, -0.2) is 0 Å². The Labute approximate surface area is 170 Å². The van der Waals surface area contributed by atoms with Crippen molar-refractivity contribution in [2.45, 2.75) is 13.1 Å². The number of hydrogen-bond donors (Lipinski definition) is 0. The first kappa shape index (κ1) is 19.4. The Bertz CT molecular complexity index is 1050. The second-order valence-electron chi connectivity index (χ2n) is 6.46. The molecule has 0 aromatic heterocycles. The number of nitriles is 3. The summed E-state index contributed by atoms with van der Waals surface area (Å²) in [5, 5.41) is 27.5. The molecule has 3 rings (SSSR count). The second-order valence-corrected chi connectivity index (χ2v) is 6.46. The molecule has 3 aromatic rings. The summed E-state index contributed by atoms with van der Waals surface area (Å²) >= 11 is 0. The van der Waals surface area contributed by atoms with E-state index < -0.39 is 0 Å². The maximum atomic E-state index is 9.36. The number of benzene rings is 3. The van der Waals surface area contributed by atoms with Crippen LogP contribution in [0, 0.1) is 34.0 Å². The Kier molecular flexibility index (Phi) is 6.41. The number of hydrogen-bond acceptors (Lipinski definition) is 4. The Balaban J connectivity index is 1.93. The maximum absolute atomic E-state index is 9.36. The first-order valence-electron chi connectivity index (χ1n) is 9.13. The topological polar surface area (TPSA) is 74.6 Å². The molecule has 0 bridgehead atoms. The minimum absolute atomic E-state index is 0.0965. The van der Waals surface area contributed by atoms with Crippen molar-refractivity contribution in [1.29, 1.82) is 15.8 Å². The van der Waals surface area contributed by atoms with Crippen LogP contribution >= 0.6 is 0 Å². The van der Waals surface area contributed by atoms with Crippen molar-refractivity contribution in [2.75, 3.05) is 4.90 Å². The number of nitrogens with zero attached hydrogens (tertiary/aromatic N) is 4. The van der Waals surface area contributed by atoms with E-state index in [1.807, 2.05) is 54.6 Å². The summed E-state index contributed by atoms with van der Waals surface area (Å²) in [6, 6.07) is 33.4. The molecule has 0 fully saturated rings. The smallest absolute Gasteiger partial charge is 0.148 e.